The Kier molecular flexibility index (Phi) is 4.34. The number of nitrogens with one attached hydrogen (secondary N) is 1. The number of thiazole rings is 1. The van der Waals surface area contributed by atoms with Crippen LogP contribution in [0.15, 0.2) is 5.38 Å². The van der Waals surface area contributed by atoms with Crippen LogP contribution in [-0.2, 0) is 9.53 Å². The molecule has 1 unspecified atom stereocenters. The van der Waals surface area contributed by atoms with Gasteiger partial charge in [0.1, 0.15) is 0 Å². The van der Waals surface area contributed by atoms with Gasteiger partial charge in [-0.05, 0) is 6.92 Å². The van der Waals surface area contributed by atoms with Gasteiger partial charge in [0.25, 0.3) is 0 Å². The summed E-state index contributed by atoms with van der Waals surface area (Å²) in [6, 6.07) is 0. The maximum Gasteiger partial charge on any atom is 0.325 e. The van der Waals surface area contributed by atoms with Gasteiger partial charge in [0.15, 0.2) is 9.96 Å². The number of ether oxygens (including phenoxy) is 1. The van der Waals surface area contributed by atoms with E-state index in [-0.39, 0.29) is 5.97 Å². The Morgan fingerprint density at radius 3 is 3.07 bits per heavy atom. The highest BCUT2D eigenvalue weighted by Crippen LogP contribution is 2.27. The average molecular weight is 279 g/mol. The Morgan fingerprint density at radius 1 is 1.86 bits per heavy atom. The van der Waals surface area contributed by atoms with Crippen LogP contribution in [0.2, 0.25) is 0 Å². The summed E-state index contributed by atoms with van der Waals surface area (Å²) in [6.45, 7) is 2.15. The summed E-state index contributed by atoms with van der Waals surface area (Å²) in [5.41, 5.74) is 0.679. The fourth-order valence-electron chi connectivity index (χ4n) is 0.854. The van der Waals surface area contributed by atoms with Crippen LogP contribution >= 0.6 is 27.3 Å². The van der Waals surface area contributed by atoms with Crippen molar-refractivity contribution in [3.8, 4) is 0 Å². The highest BCUT2D eigenvalue weighted by molar-refractivity contribution is 9.09. The van der Waals surface area contributed by atoms with Crippen molar-refractivity contribution in [2.24, 2.45) is 0 Å². The van der Waals surface area contributed by atoms with E-state index in [1.807, 2.05) is 5.38 Å². The molecule has 6 heteroatoms. The van der Waals surface area contributed by atoms with Crippen LogP contribution in [0.1, 0.15) is 17.4 Å². The quantitative estimate of drug-likeness (QED) is 0.678. The lowest BCUT2D eigenvalue weighted by Gasteiger charge is -2.05. The summed E-state index contributed by atoms with van der Waals surface area (Å²) in [6.07, 6.45) is 0. The molecule has 1 aromatic heterocycles. The molecular formula is C8H11BrN2O2S. The first-order valence-corrected chi connectivity index (χ1v) is 5.92. The number of alkyl halides is 1. The minimum atomic E-state index is -0.471. The number of rotatable bonds is 4. The maximum atomic E-state index is 11.3. The second-order valence-corrected chi connectivity index (χ2v) is 4.22. The number of aromatic nitrogens is 1. The number of anilines is 1. The number of carbonyl (C=O) groups is 1. The van der Waals surface area contributed by atoms with Gasteiger partial charge in [-0.15, -0.1) is 11.3 Å². The van der Waals surface area contributed by atoms with Crippen molar-refractivity contribution in [3.63, 3.8) is 0 Å². The molecule has 1 atom stereocenters. The molecule has 1 N–H and O–H groups in total. The molecule has 0 aliphatic rings. The molecule has 14 heavy (non-hydrogen) atoms. The summed E-state index contributed by atoms with van der Waals surface area (Å²) < 4.78 is 4.86. The molecule has 0 saturated heterocycles. The van der Waals surface area contributed by atoms with Gasteiger partial charge >= 0.3 is 5.97 Å². The van der Waals surface area contributed by atoms with Crippen molar-refractivity contribution in [2.45, 2.75) is 11.8 Å². The van der Waals surface area contributed by atoms with E-state index >= 15 is 0 Å². The van der Waals surface area contributed by atoms with E-state index in [1.54, 1.807) is 14.0 Å². The number of hydrogen-bond donors (Lipinski definition) is 1. The van der Waals surface area contributed by atoms with Gasteiger partial charge in [0.05, 0.1) is 12.3 Å². The SMILES string of the molecule is CCOC(=O)C(Br)c1csc(NC)n1. The molecule has 0 fully saturated rings. The Morgan fingerprint density at radius 2 is 2.57 bits per heavy atom. The number of nitrogens with zero attached hydrogens (tertiary/aromatic N) is 1. The highest BCUT2D eigenvalue weighted by Gasteiger charge is 2.20. The van der Waals surface area contributed by atoms with Gasteiger partial charge in [0, 0.05) is 12.4 Å². The summed E-state index contributed by atoms with van der Waals surface area (Å²) >= 11 is 4.69. The molecule has 0 aliphatic heterocycles. The van der Waals surface area contributed by atoms with E-state index in [0.717, 1.165) is 5.13 Å². The van der Waals surface area contributed by atoms with Crippen molar-refractivity contribution in [1.82, 2.24) is 4.98 Å². The maximum absolute atomic E-state index is 11.3. The second kappa shape index (κ2) is 5.31. The second-order valence-electron chi connectivity index (χ2n) is 2.44. The van der Waals surface area contributed by atoms with Crippen LogP contribution in [0.4, 0.5) is 5.13 Å². The lowest BCUT2D eigenvalue weighted by molar-refractivity contribution is -0.142. The first kappa shape index (κ1) is 11.5. The van der Waals surface area contributed by atoms with Gasteiger partial charge in [-0.25, -0.2) is 4.98 Å². The molecule has 0 saturated carbocycles. The van der Waals surface area contributed by atoms with Crippen LogP contribution in [0.5, 0.6) is 0 Å². The summed E-state index contributed by atoms with van der Waals surface area (Å²) in [7, 11) is 1.79. The topological polar surface area (TPSA) is 51.2 Å². The summed E-state index contributed by atoms with van der Waals surface area (Å²) in [4.78, 5) is 15.0. The van der Waals surface area contributed by atoms with E-state index in [9.17, 15) is 4.79 Å². The molecule has 4 nitrogen and oxygen atoms in total. The highest BCUT2D eigenvalue weighted by atomic mass is 79.9. The molecule has 0 aliphatic carbocycles. The zero-order valence-electron chi connectivity index (χ0n) is 7.91. The Labute approximate surface area is 94.8 Å². The van der Waals surface area contributed by atoms with Crippen molar-refractivity contribution < 1.29 is 9.53 Å². The number of carbonyl (C=O) groups excluding carboxylic acids is 1. The third kappa shape index (κ3) is 2.68. The van der Waals surface area contributed by atoms with E-state index in [4.69, 9.17) is 4.74 Å². The molecule has 0 spiro atoms. The molecule has 0 aromatic carbocycles. The third-order valence-electron chi connectivity index (χ3n) is 1.49. The predicted octanol–water partition coefficient (Wildman–Crippen LogP) is 2.18. The van der Waals surface area contributed by atoms with Crippen LogP contribution in [0.3, 0.4) is 0 Å². The first-order chi connectivity index (χ1) is 6.69. The molecule has 1 aromatic rings. The first-order valence-electron chi connectivity index (χ1n) is 4.13. The van der Waals surface area contributed by atoms with E-state index in [2.05, 4.69) is 26.2 Å². The Bertz CT molecular complexity index is 316. The Balaban J connectivity index is 2.68. The van der Waals surface area contributed by atoms with Gasteiger partial charge in [0.2, 0.25) is 0 Å². The zero-order chi connectivity index (χ0) is 10.6. The monoisotopic (exact) mass is 278 g/mol. The normalized spacial score (nSPS) is 12.2. The molecule has 1 heterocycles. The van der Waals surface area contributed by atoms with Gasteiger partial charge in [-0.3, -0.25) is 4.79 Å². The number of hydrogen-bond acceptors (Lipinski definition) is 5. The molecule has 0 amide bonds. The fraction of sp³-hybridized carbons (Fsp3) is 0.500. The van der Waals surface area contributed by atoms with Crippen molar-refractivity contribution in [2.75, 3.05) is 19.0 Å². The Hall–Kier alpha value is -0.620. The van der Waals surface area contributed by atoms with Crippen LogP contribution in [-0.4, -0.2) is 24.6 Å². The largest absolute Gasteiger partial charge is 0.465 e. The van der Waals surface area contributed by atoms with Crippen LogP contribution in [0, 0.1) is 0 Å². The lowest BCUT2D eigenvalue weighted by atomic mass is 10.3. The molecule has 0 radical (unpaired) electrons. The van der Waals surface area contributed by atoms with E-state index in [1.165, 1.54) is 11.3 Å². The van der Waals surface area contributed by atoms with Crippen molar-refractivity contribution in [1.29, 1.82) is 0 Å². The number of halogens is 1. The van der Waals surface area contributed by atoms with Crippen molar-refractivity contribution in [3.05, 3.63) is 11.1 Å². The van der Waals surface area contributed by atoms with Gasteiger partial charge in [-0.1, -0.05) is 15.9 Å². The van der Waals surface area contributed by atoms with E-state index in [0.29, 0.717) is 12.3 Å². The lowest BCUT2D eigenvalue weighted by Crippen LogP contribution is -2.10. The smallest absolute Gasteiger partial charge is 0.325 e. The zero-order valence-corrected chi connectivity index (χ0v) is 10.3. The van der Waals surface area contributed by atoms with Gasteiger partial charge < -0.3 is 10.1 Å². The fourth-order valence-corrected chi connectivity index (χ4v) is 2.09. The van der Waals surface area contributed by atoms with Crippen molar-refractivity contribution >= 4 is 38.4 Å². The van der Waals surface area contributed by atoms with Gasteiger partial charge in [-0.2, -0.15) is 0 Å². The van der Waals surface area contributed by atoms with Crippen LogP contribution < -0.4 is 5.32 Å². The molecular weight excluding hydrogens is 268 g/mol. The third-order valence-corrected chi connectivity index (χ3v) is 3.21. The number of esters is 1. The standard InChI is InChI=1S/C8H11BrN2O2S/c1-3-13-7(12)6(9)5-4-14-8(10-2)11-5/h4,6H,3H2,1-2H3,(H,10,11). The minimum absolute atomic E-state index is 0.305. The summed E-state index contributed by atoms with van der Waals surface area (Å²) in [5.74, 6) is -0.305. The predicted molar refractivity (Wildman–Crippen MR) is 60.0 cm³/mol. The van der Waals surface area contributed by atoms with Crippen LogP contribution in [0.25, 0.3) is 0 Å². The minimum Gasteiger partial charge on any atom is -0.465 e. The van der Waals surface area contributed by atoms with E-state index < -0.39 is 4.83 Å². The summed E-state index contributed by atoms with van der Waals surface area (Å²) in [5, 5.41) is 5.52. The molecule has 1 rings (SSSR count). The average Bonchev–Trinajstić information content (AvgIpc) is 2.65. The molecule has 78 valence electrons. The molecule has 0 bridgehead atoms.